The third kappa shape index (κ3) is 2.44. The molecule has 0 aromatic carbocycles. The number of fused-ring (bicyclic) bond motifs is 1. The molecular weight excluding hydrogens is 223 g/mol. The zero-order valence-corrected chi connectivity index (χ0v) is 8.99. The fourth-order valence-electron chi connectivity index (χ4n) is 1.29. The van der Waals surface area contributed by atoms with Gasteiger partial charge in [0.05, 0.1) is 18.3 Å². The van der Waals surface area contributed by atoms with Gasteiger partial charge in [-0.3, -0.25) is 9.98 Å². The van der Waals surface area contributed by atoms with Gasteiger partial charge in [-0.15, -0.1) is 5.10 Å². The highest BCUT2D eigenvalue weighted by molar-refractivity contribution is 5.82. The van der Waals surface area contributed by atoms with Gasteiger partial charge in [0.1, 0.15) is 18.0 Å². The molecule has 0 atom stereocenters. The van der Waals surface area contributed by atoms with Crippen LogP contribution in [-0.4, -0.2) is 39.4 Å². The molecule has 0 spiro atoms. The summed E-state index contributed by atoms with van der Waals surface area (Å²) in [6.07, 6.45) is 6.23. The molecule has 0 aliphatic rings. The van der Waals surface area contributed by atoms with E-state index < -0.39 is 6.67 Å². The van der Waals surface area contributed by atoms with Crippen LogP contribution in [0.15, 0.2) is 29.5 Å². The highest BCUT2D eigenvalue weighted by atomic mass is 19.1. The zero-order valence-electron chi connectivity index (χ0n) is 8.99. The summed E-state index contributed by atoms with van der Waals surface area (Å²) in [6.45, 7) is -0.353. The number of alkyl halides is 1. The summed E-state index contributed by atoms with van der Waals surface area (Å²) in [7, 11) is 0. The number of aliphatic imine (C=N–C) groups is 1. The van der Waals surface area contributed by atoms with Gasteiger partial charge >= 0.3 is 0 Å². The normalized spacial score (nSPS) is 12.6. The van der Waals surface area contributed by atoms with Crippen molar-refractivity contribution >= 4 is 23.1 Å². The Morgan fingerprint density at radius 2 is 2.47 bits per heavy atom. The average Bonchev–Trinajstić information content (AvgIpc) is 2.78. The molecule has 2 rings (SSSR count). The average molecular weight is 234 g/mol. The summed E-state index contributed by atoms with van der Waals surface area (Å²) in [6, 6.07) is 1.76. The van der Waals surface area contributed by atoms with Gasteiger partial charge in [0, 0.05) is 12.4 Å². The summed E-state index contributed by atoms with van der Waals surface area (Å²) in [5.74, 6) is 0.362. The second-order valence-corrected chi connectivity index (χ2v) is 3.20. The van der Waals surface area contributed by atoms with Crippen LogP contribution < -0.4 is 5.73 Å². The number of aromatic nitrogens is 4. The molecule has 0 aliphatic carbocycles. The fourth-order valence-corrected chi connectivity index (χ4v) is 1.29. The van der Waals surface area contributed by atoms with Crippen molar-refractivity contribution in [3.05, 3.63) is 24.5 Å². The number of halogens is 1. The number of pyridine rings is 1. The SMILES string of the molecule is NC(=CC=NCCF)n1nnc2cnccc21. The first-order chi connectivity index (χ1) is 8.33. The minimum absolute atomic E-state index is 0.131. The van der Waals surface area contributed by atoms with Gasteiger partial charge in [-0.1, -0.05) is 5.21 Å². The van der Waals surface area contributed by atoms with Gasteiger partial charge in [-0.05, 0) is 12.1 Å². The topological polar surface area (TPSA) is 82.0 Å². The fraction of sp³-hybridized carbons (Fsp3) is 0.200. The summed E-state index contributed by atoms with van der Waals surface area (Å²) >= 11 is 0. The number of hydrogen-bond donors (Lipinski definition) is 1. The quantitative estimate of drug-likeness (QED) is 0.786. The van der Waals surface area contributed by atoms with E-state index in [1.165, 1.54) is 10.9 Å². The summed E-state index contributed by atoms with van der Waals surface area (Å²) in [5, 5.41) is 7.80. The number of nitrogens with two attached hydrogens (primary N) is 1. The van der Waals surface area contributed by atoms with Gasteiger partial charge in [0.2, 0.25) is 0 Å². The smallest absolute Gasteiger partial charge is 0.132 e. The molecule has 2 aromatic rings. The van der Waals surface area contributed by atoms with Crippen LogP contribution in [0.25, 0.3) is 16.9 Å². The number of rotatable bonds is 4. The van der Waals surface area contributed by atoms with E-state index >= 15 is 0 Å². The number of allylic oxidation sites excluding steroid dienone is 1. The molecule has 2 N–H and O–H groups in total. The second kappa shape index (κ2) is 5.15. The Morgan fingerprint density at radius 1 is 1.59 bits per heavy atom. The Morgan fingerprint density at radius 3 is 3.29 bits per heavy atom. The van der Waals surface area contributed by atoms with Crippen molar-refractivity contribution in [2.24, 2.45) is 10.7 Å². The van der Waals surface area contributed by atoms with Gasteiger partial charge in [-0.2, -0.15) is 4.68 Å². The number of hydrogen-bond acceptors (Lipinski definition) is 5. The first-order valence-electron chi connectivity index (χ1n) is 5.00. The van der Waals surface area contributed by atoms with Crippen LogP contribution in [-0.2, 0) is 0 Å². The van der Waals surface area contributed by atoms with Crippen LogP contribution in [0, 0.1) is 0 Å². The maximum Gasteiger partial charge on any atom is 0.132 e. The monoisotopic (exact) mass is 234 g/mol. The van der Waals surface area contributed by atoms with E-state index in [9.17, 15) is 4.39 Å². The molecular formula is C10H11FN6. The first-order valence-corrected chi connectivity index (χ1v) is 5.00. The van der Waals surface area contributed by atoms with Gasteiger partial charge < -0.3 is 5.73 Å². The Hall–Kier alpha value is -2.31. The molecule has 0 aliphatic heterocycles. The highest BCUT2D eigenvalue weighted by Gasteiger charge is 2.04. The minimum Gasteiger partial charge on any atom is -0.384 e. The molecule has 88 valence electrons. The van der Waals surface area contributed by atoms with Crippen molar-refractivity contribution in [1.82, 2.24) is 20.0 Å². The molecule has 0 unspecified atom stereocenters. The van der Waals surface area contributed by atoms with E-state index in [0.717, 1.165) is 5.52 Å². The van der Waals surface area contributed by atoms with Crippen LogP contribution in [0.1, 0.15) is 0 Å². The van der Waals surface area contributed by atoms with Gasteiger partial charge in [-0.25, -0.2) is 4.39 Å². The molecule has 2 heterocycles. The van der Waals surface area contributed by atoms with Crippen LogP contribution in [0.3, 0.4) is 0 Å². The molecule has 0 saturated carbocycles. The minimum atomic E-state index is -0.484. The predicted octanol–water partition coefficient (Wildman–Crippen LogP) is 0.624. The van der Waals surface area contributed by atoms with E-state index in [1.54, 1.807) is 24.5 Å². The maximum atomic E-state index is 11.8. The van der Waals surface area contributed by atoms with Gasteiger partial charge in [0.25, 0.3) is 0 Å². The van der Waals surface area contributed by atoms with Gasteiger partial charge in [0.15, 0.2) is 0 Å². The lowest BCUT2D eigenvalue weighted by molar-refractivity contribution is 0.505. The molecule has 0 saturated heterocycles. The Balaban J connectivity index is 2.27. The molecule has 6 nitrogen and oxygen atoms in total. The summed E-state index contributed by atoms with van der Waals surface area (Å²) in [5.41, 5.74) is 7.22. The maximum absolute atomic E-state index is 11.8. The lowest BCUT2D eigenvalue weighted by atomic mass is 10.4. The number of nitrogens with zero attached hydrogens (tertiary/aromatic N) is 5. The molecule has 2 aromatic heterocycles. The van der Waals surface area contributed by atoms with Crippen LogP contribution in [0.2, 0.25) is 0 Å². The van der Waals surface area contributed by atoms with E-state index in [2.05, 4.69) is 20.3 Å². The third-order valence-electron chi connectivity index (χ3n) is 2.06. The van der Waals surface area contributed by atoms with Crippen LogP contribution >= 0.6 is 0 Å². The summed E-state index contributed by atoms with van der Waals surface area (Å²) < 4.78 is 13.3. The first kappa shape index (κ1) is 11.2. The van der Waals surface area contributed by atoms with E-state index in [4.69, 9.17) is 5.73 Å². The molecule has 0 radical (unpaired) electrons. The zero-order chi connectivity index (χ0) is 12.1. The Kier molecular flexibility index (Phi) is 3.39. The molecule has 0 fully saturated rings. The predicted molar refractivity (Wildman–Crippen MR) is 63.1 cm³/mol. The van der Waals surface area contributed by atoms with Crippen molar-refractivity contribution in [2.75, 3.05) is 13.2 Å². The molecule has 7 heteroatoms. The third-order valence-corrected chi connectivity index (χ3v) is 2.06. The standard InChI is InChI=1S/C10H11FN6/c11-3-6-13-5-2-10(12)17-9-1-4-14-7-8(9)15-16-17/h1-2,4-5,7H,3,6,12H2. The Labute approximate surface area is 96.7 Å². The molecule has 0 amide bonds. The lowest BCUT2D eigenvalue weighted by Crippen LogP contribution is -2.08. The van der Waals surface area contributed by atoms with E-state index in [-0.39, 0.29) is 6.54 Å². The van der Waals surface area contributed by atoms with Crippen molar-refractivity contribution in [2.45, 2.75) is 0 Å². The van der Waals surface area contributed by atoms with Crippen LogP contribution in [0.4, 0.5) is 4.39 Å². The highest BCUT2D eigenvalue weighted by Crippen LogP contribution is 2.10. The van der Waals surface area contributed by atoms with Crippen molar-refractivity contribution in [3.63, 3.8) is 0 Å². The Bertz CT molecular complexity index is 559. The second-order valence-electron chi connectivity index (χ2n) is 3.20. The van der Waals surface area contributed by atoms with E-state index in [0.29, 0.717) is 11.3 Å². The van der Waals surface area contributed by atoms with E-state index in [1.807, 2.05) is 0 Å². The lowest BCUT2D eigenvalue weighted by Gasteiger charge is -1.99. The molecule has 17 heavy (non-hydrogen) atoms. The van der Waals surface area contributed by atoms with Crippen LogP contribution in [0.5, 0.6) is 0 Å². The van der Waals surface area contributed by atoms with Crippen molar-refractivity contribution in [3.8, 4) is 0 Å². The summed E-state index contributed by atoms with van der Waals surface area (Å²) in [4.78, 5) is 7.72. The molecule has 0 bridgehead atoms. The van der Waals surface area contributed by atoms with Crippen molar-refractivity contribution < 1.29 is 4.39 Å². The largest absolute Gasteiger partial charge is 0.384 e. The van der Waals surface area contributed by atoms with Crippen molar-refractivity contribution in [1.29, 1.82) is 0 Å².